The van der Waals surface area contributed by atoms with Gasteiger partial charge in [-0.2, -0.15) is 5.26 Å². The lowest BCUT2D eigenvalue weighted by molar-refractivity contribution is 0.109. The summed E-state index contributed by atoms with van der Waals surface area (Å²) in [6, 6.07) is 8.66. The van der Waals surface area contributed by atoms with Gasteiger partial charge in [-0.05, 0) is 36.0 Å². The monoisotopic (exact) mass is 230 g/mol. The van der Waals surface area contributed by atoms with Crippen molar-refractivity contribution < 1.29 is 9.21 Å². The summed E-state index contributed by atoms with van der Waals surface area (Å²) in [5.41, 5.74) is 0.483. The number of pyridine rings is 1. The third kappa shape index (κ3) is 2.12. The molecule has 0 amide bonds. The molecule has 0 bridgehead atoms. The summed E-state index contributed by atoms with van der Waals surface area (Å²) < 4.78 is 5.18. The average Bonchev–Trinajstić information content (AvgIpc) is 2.77. The van der Waals surface area contributed by atoms with Crippen molar-refractivity contribution in [3.8, 4) is 6.07 Å². The molecule has 16 heavy (non-hydrogen) atoms. The van der Waals surface area contributed by atoms with Crippen LogP contribution in [-0.2, 0) is 0 Å². The lowest BCUT2D eigenvalue weighted by atomic mass is 10.3. The summed E-state index contributed by atoms with van der Waals surface area (Å²) in [5.74, 6) is 0.261. The van der Waals surface area contributed by atoms with Crippen molar-refractivity contribution >= 4 is 18.0 Å². The van der Waals surface area contributed by atoms with Crippen molar-refractivity contribution in [2.45, 2.75) is 10.1 Å². The second kappa shape index (κ2) is 4.64. The van der Waals surface area contributed by atoms with Crippen LogP contribution in [0, 0.1) is 11.3 Å². The van der Waals surface area contributed by atoms with Gasteiger partial charge in [0.2, 0.25) is 0 Å². The quantitative estimate of drug-likeness (QED) is 0.758. The fraction of sp³-hybridized carbons (Fsp3) is 0. The summed E-state index contributed by atoms with van der Waals surface area (Å²) in [5, 5.41) is 9.96. The number of hydrogen-bond acceptors (Lipinski definition) is 5. The first-order valence-corrected chi connectivity index (χ1v) is 5.23. The molecule has 0 aliphatic heterocycles. The molecule has 5 heteroatoms. The molecule has 0 saturated heterocycles. The molecule has 0 fully saturated rings. The van der Waals surface area contributed by atoms with E-state index in [2.05, 4.69) is 4.98 Å². The SMILES string of the molecule is N#Cc1cccnc1Sc1ccc(C=O)o1. The Kier molecular flexibility index (Phi) is 3.03. The highest BCUT2D eigenvalue weighted by Crippen LogP contribution is 2.29. The van der Waals surface area contributed by atoms with Gasteiger partial charge >= 0.3 is 0 Å². The Morgan fingerprint density at radius 1 is 1.44 bits per heavy atom. The van der Waals surface area contributed by atoms with E-state index in [9.17, 15) is 4.79 Å². The number of rotatable bonds is 3. The zero-order chi connectivity index (χ0) is 11.4. The second-order valence-electron chi connectivity index (χ2n) is 2.84. The van der Waals surface area contributed by atoms with Crippen LogP contribution in [0.15, 0.2) is 45.0 Å². The number of nitriles is 1. The first-order chi connectivity index (χ1) is 7.83. The normalized spacial score (nSPS) is 9.69. The summed E-state index contributed by atoms with van der Waals surface area (Å²) >= 11 is 1.22. The van der Waals surface area contributed by atoms with E-state index in [1.165, 1.54) is 11.8 Å². The third-order valence-electron chi connectivity index (χ3n) is 1.81. The van der Waals surface area contributed by atoms with Gasteiger partial charge in [-0.1, -0.05) is 0 Å². The van der Waals surface area contributed by atoms with Crippen LogP contribution in [0.25, 0.3) is 0 Å². The van der Waals surface area contributed by atoms with Crippen LogP contribution in [0.3, 0.4) is 0 Å². The van der Waals surface area contributed by atoms with Crippen LogP contribution in [0.4, 0.5) is 0 Å². The van der Waals surface area contributed by atoms with Gasteiger partial charge in [0, 0.05) is 6.20 Å². The number of nitrogens with zero attached hydrogens (tertiary/aromatic N) is 2. The van der Waals surface area contributed by atoms with Crippen LogP contribution in [0.1, 0.15) is 16.1 Å². The summed E-state index contributed by atoms with van der Waals surface area (Å²) in [4.78, 5) is 14.5. The number of aromatic nitrogens is 1. The Morgan fingerprint density at radius 2 is 2.31 bits per heavy atom. The van der Waals surface area contributed by atoms with E-state index >= 15 is 0 Å². The fourth-order valence-corrected chi connectivity index (χ4v) is 1.91. The van der Waals surface area contributed by atoms with Gasteiger partial charge in [-0.25, -0.2) is 4.98 Å². The Bertz CT molecular complexity index is 557. The highest BCUT2D eigenvalue weighted by Gasteiger charge is 2.08. The summed E-state index contributed by atoms with van der Waals surface area (Å²) in [6.45, 7) is 0. The molecule has 2 aromatic rings. The molecule has 2 rings (SSSR count). The maximum absolute atomic E-state index is 10.4. The van der Waals surface area contributed by atoms with Gasteiger partial charge in [-0.15, -0.1) is 0 Å². The van der Waals surface area contributed by atoms with Crippen molar-refractivity contribution in [3.05, 3.63) is 41.8 Å². The Morgan fingerprint density at radius 3 is 3.00 bits per heavy atom. The second-order valence-corrected chi connectivity index (χ2v) is 3.84. The molecule has 0 aliphatic rings. The molecular formula is C11H6N2O2S. The predicted molar refractivity (Wildman–Crippen MR) is 57.2 cm³/mol. The van der Waals surface area contributed by atoms with E-state index < -0.39 is 0 Å². The lowest BCUT2D eigenvalue weighted by Crippen LogP contribution is -1.84. The van der Waals surface area contributed by atoms with Gasteiger partial charge in [0.15, 0.2) is 17.1 Å². The van der Waals surface area contributed by atoms with E-state index in [1.807, 2.05) is 6.07 Å². The third-order valence-corrected chi connectivity index (χ3v) is 2.75. The van der Waals surface area contributed by atoms with Crippen LogP contribution < -0.4 is 0 Å². The van der Waals surface area contributed by atoms with Crippen molar-refractivity contribution in [3.63, 3.8) is 0 Å². The molecule has 78 valence electrons. The predicted octanol–water partition coefficient (Wildman–Crippen LogP) is 2.51. The molecular weight excluding hydrogens is 224 g/mol. The van der Waals surface area contributed by atoms with Gasteiger partial charge < -0.3 is 4.42 Å². The van der Waals surface area contributed by atoms with Crippen molar-refractivity contribution in [2.75, 3.05) is 0 Å². The molecule has 0 aliphatic carbocycles. The van der Waals surface area contributed by atoms with E-state index in [0.29, 0.717) is 22.0 Å². The maximum atomic E-state index is 10.4. The molecule has 4 nitrogen and oxygen atoms in total. The summed E-state index contributed by atoms with van der Waals surface area (Å²) in [7, 11) is 0. The molecule has 0 saturated carbocycles. The standard InChI is InChI=1S/C11H6N2O2S/c12-6-8-2-1-5-13-11(8)16-10-4-3-9(7-14)15-10/h1-5,7H. The van der Waals surface area contributed by atoms with E-state index in [0.717, 1.165) is 0 Å². The molecule has 0 spiro atoms. The molecule has 0 N–H and O–H groups in total. The fourth-order valence-electron chi connectivity index (χ4n) is 1.11. The largest absolute Gasteiger partial charge is 0.447 e. The van der Waals surface area contributed by atoms with Crippen molar-refractivity contribution in [1.82, 2.24) is 4.98 Å². The van der Waals surface area contributed by atoms with Gasteiger partial charge in [-0.3, -0.25) is 4.79 Å². The maximum Gasteiger partial charge on any atom is 0.185 e. The van der Waals surface area contributed by atoms with Crippen molar-refractivity contribution in [2.24, 2.45) is 0 Å². The van der Waals surface area contributed by atoms with E-state index in [1.54, 1.807) is 30.5 Å². The molecule has 2 aromatic heterocycles. The topological polar surface area (TPSA) is 66.9 Å². The Balaban J connectivity index is 2.27. The van der Waals surface area contributed by atoms with Gasteiger partial charge in [0.25, 0.3) is 0 Å². The van der Waals surface area contributed by atoms with Gasteiger partial charge in [0.05, 0.1) is 5.56 Å². The number of hydrogen-bond donors (Lipinski definition) is 0. The smallest absolute Gasteiger partial charge is 0.185 e. The Hall–Kier alpha value is -2.06. The van der Waals surface area contributed by atoms with Crippen molar-refractivity contribution in [1.29, 1.82) is 5.26 Å². The first kappa shape index (κ1) is 10.5. The molecule has 0 atom stereocenters. The lowest BCUT2D eigenvalue weighted by Gasteiger charge is -1.98. The zero-order valence-electron chi connectivity index (χ0n) is 8.08. The molecule has 0 radical (unpaired) electrons. The number of furan rings is 1. The molecule has 0 aromatic carbocycles. The minimum atomic E-state index is 0.261. The average molecular weight is 230 g/mol. The number of carbonyl (C=O) groups is 1. The minimum Gasteiger partial charge on any atom is -0.447 e. The summed E-state index contributed by atoms with van der Waals surface area (Å²) in [6.07, 6.45) is 2.24. The van der Waals surface area contributed by atoms with E-state index in [-0.39, 0.29) is 5.76 Å². The zero-order valence-corrected chi connectivity index (χ0v) is 8.90. The number of aldehydes is 1. The van der Waals surface area contributed by atoms with E-state index in [4.69, 9.17) is 9.68 Å². The van der Waals surface area contributed by atoms with Crippen LogP contribution >= 0.6 is 11.8 Å². The molecule has 2 heterocycles. The molecule has 0 unspecified atom stereocenters. The van der Waals surface area contributed by atoms with Crippen LogP contribution in [0.2, 0.25) is 0 Å². The Labute approximate surface area is 95.9 Å². The highest BCUT2D eigenvalue weighted by atomic mass is 32.2. The first-order valence-electron chi connectivity index (χ1n) is 4.41. The van der Waals surface area contributed by atoms with Crippen LogP contribution in [-0.4, -0.2) is 11.3 Å². The van der Waals surface area contributed by atoms with Crippen LogP contribution in [0.5, 0.6) is 0 Å². The van der Waals surface area contributed by atoms with Gasteiger partial charge in [0.1, 0.15) is 11.1 Å². The minimum absolute atomic E-state index is 0.261. The number of carbonyl (C=O) groups excluding carboxylic acids is 1. The highest BCUT2D eigenvalue weighted by molar-refractivity contribution is 7.99.